The van der Waals surface area contributed by atoms with Gasteiger partial charge in [-0.25, -0.2) is 18.4 Å². The number of aromatic nitrogens is 2. The summed E-state index contributed by atoms with van der Waals surface area (Å²) in [4.78, 5) is 8.08. The molecule has 7 nitrogen and oxygen atoms in total. The highest BCUT2D eigenvalue weighted by molar-refractivity contribution is 7.88. The molecule has 1 spiro atoms. The maximum atomic E-state index is 11.4. The molecule has 8 heteroatoms. The van der Waals surface area contributed by atoms with Crippen LogP contribution in [0.3, 0.4) is 0 Å². The Balaban J connectivity index is 1.61. The van der Waals surface area contributed by atoms with Crippen molar-refractivity contribution in [3.05, 3.63) is 18.5 Å². The summed E-state index contributed by atoms with van der Waals surface area (Å²) in [6.07, 6.45) is 5.87. The molecule has 2 fully saturated rings. The molecular formula is C12H17N3O4S. The first-order valence-corrected chi connectivity index (χ1v) is 8.34. The van der Waals surface area contributed by atoms with Gasteiger partial charge in [0.25, 0.3) is 0 Å². The SMILES string of the molecule is CS(=O)(=O)N1CC2(CC(Oc3ncccn3)CCO2)C1. The van der Waals surface area contributed by atoms with Crippen molar-refractivity contribution < 1.29 is 17.9 Å². The van der Waals surface area contributed by atoms with Crippen LogP contribution in [0, 0.1) is 0 Å². The normalized spacial score (nSPS) is 26.1. The highest BCUT2D eigenvalue weighted by Gasteiger charge is 2.51. The van der Waals surface area contributed by atoms with Crippen LogP contribution in [0.5, 0.6) is 6.01 Å². The van der Waals surface area contributed by atoms with Gasteiger partial charge in [-0.2, -0.15) is 4.31 Å². The summed E-state index contributed by atoms with van der Waals surface area (Å²) in [5.74, 6) is 0. The number of hydrogen-bond acceptors (Lipinski definition) is 6. The fourth-order valence-electron chi connectivity index (χ4n) is 2.63. The van der Waals surface area contributed by atoms with Crippen LogP contribution in [0.25, 0.3) is 0 Å². The van der Waals surface area contributed by atoms with Gasteiger partial charge in [0.1, 0.15) is 6.10 Å². The first kappa shape index (κ1) is 13.7. The van der Waals surface area contributed by atoms with E-state index in [0.717, 1.165) is 6.42 Å². The molecule has 0 N–H and O–H groups in total. The van der Waals surface area contributed by atoms with Crippen LogP contribution in [0.15, 0.2) is 18.5 Å². The van der Waals surface area contributed by atoms with Crippen molar-refractivity contribution in [2.75, 3.05) is 26.0 Å². The van der Waals surface area contributed by atoms with Crippen molar-refractivity contribution >= 4 is 10.0 Å². The highest BCUT2D eigenvalue weighted by Crippen LogP contribution is 2.36. The van der Waals surface area contributed by atoms with Gasteiger partial charge in [0.2, 0.25) is 10.0 Å². The van der Waals surface area contributed by atoms with E-state index in [0.29, 0.717) is 32.1 Å². The highest BCUT2D eigenvalue weighted by atomic mass is 32.2. The Bertz CT molecular complexity index is 572. The molecular weight excluding hydrogens is 282 g/mol. The molecule has 2 aliphatic rings. The molecule has 1 aromatic heterocycles. The van der Waals surface area contributed by atoms with Crippen LogP contribution >= 0.6 is 0 Å². The van der Waals surface area contributed by atoms with Crippen LogP contribution in [-0.2, 0) is 14.8 Å². The minimum absolute atomic E-state index is 0.0344. The summed E-state index contributed by atoms with van der Waals surface area (Å²) in [6.45, 7) is 1.37. The second-order valence-corrected chi connectivity index (χ2v) is 7.31. The molecule has 0 radical (unpaired) electrons. The van der Waals surface area contributed by atoms with E-state index in [1.54, 1.807) is 18.5 Å². The predicted molar refractivity (Wildman–Crippen MR) is 70.8 cm³/mol. The second kappa shape index (κ2) is 4.94. The Hall–Kier alpha value is -1.25. The third kappa shape index (κ3) is 2.77. The van der Waals surface area contributed by atoms with Crippen LogP contribution in [-0.4, -0.2) is 60.3 Å². The summed E-state index contributed by atoms with van der Waals surface area (Å²) in [5.41, 5.74) is -0.402. The molecule has 0 aliphatic carbocycles. The number of hydrogen-bond donors (Lipinski definition) is 0. The van der Waals surface area contributed by atoms with Crippen molar-refractivity contribution in [2.24, 2.45) is 0 Å². The maximum Gasteiger partial charge on any atom is 0.316 e. The number of sulfonamides is 1. The lowest BCUT2D eigenvalue weighted by Crippen LogP contribution is -2.67. The average molecular weight is 299 g/mol. The van der Waals surface area contributed by atoms with Gasteiger partial charge >= 0.3 is 6.01 Å². The van der Waals surface area contributed by atoms with E-state index >= 15 is 0 Å². The summed E-state index contributed by atoms with van der Waals surface area (Å²) in [7, 11) is -3.13. The first-order chi connectivity index (χ1) is 9.47. The standard InChI is InChI=1S/C12H17N3O4S/c1-20(16,17)15-8-12(9-15)7-10(3-6-18-12)19-11-13-4-2-5-14-11/h2,4-5,10H,3,6-9H2,1H3. The lowest BCUT2D eigenvalue weighted by molar-refractivity contribution is -0.165. The van der Waals surface area contributed by atoms with Gasteiger partial charge in [-0.05, 0) is 6.07 Å². The predicted octanol–water partition coefficient (Wildman–Crippen LogP) is 0.0484. The van der Waals surface area contributed by atoms with E-state index < -0.39 is 15.6 Å². The third-order valence-electron chi connectivity index (χ3n) is 3.66. The monoisotopic (exact) mass is 299 g/mol. The zero-order valence-corrected chi connectivity index (χ0v) is 12.0. The molecule has 0 aromatic carbocycles. The second-order valence-electron chi connectivity index (χ2n) is 5.33. The molecule has 110 valence electrons. The van der Waals surface area contributed by atoms with Crippen LogP contribution in [0.2, 0.25) is 0 Å². The largest absolute Gasteiger partial charge is 0.460 e. The number of rotatable bonds is 3. The molecule has 1 atom stereocenters. The van der Waals surface area contributed by atoms with Crippen LogP contribution in [0.4, 0.5) is 0 Å². The molecule has 2 saturated heterocycles. The Labute approximate surface area is 118 Å². The van der Waals surface area contributed by atoms with Crippen molar-refractivity contribution in [1.29, 1.82) is 0 Å². The molecule has 2 aliphatic heterocycles. The Morgan fingerprint density at radius 1 is 1.40 bits per heavy atom. The Morgan fingerprint density at radius 2 is 2.10 bits per heavy atom. The number of ether oxygens (including phenoxy) is 2. The van der Waals surface area contributed by atoms with Gasteiger partial charge < -0.3 is 9.47 Å². The van der Waals surface area contributed by atoms with E-state index in [2.05, 4.69) is 9.97 Å². The Morgan fingerprint density at radius 3 is 2.75 bits per heavy atom. The lowest BCUT2D eigenvalue weighted by atomic mass is 9.86. The fraction of sp³-hybridized carbons (Fsp3) is 0.667. The van der Waals surface area contributed by atoms with E-state index in [1.165, 1.54) is 10.6 Å². The topological polar surface area (TPSA) is 81.6 Å². The molecule has 1 unspecified atom stereocenters. The quantitative estimate of drug-likeness (QED) is 0.784. The van der Waals surface area contributed by atoms with E-state index in [9.17, 15) is 8.42 Å². The van der Waals surface area contributed by atoms with Crippen molar-refractivity contribution in [3.8, 4) is 6.01 Å². The Kier molecular flexibility index (Phi) is 3.39. The van der Waals surface area contributed by atoms with Gasteiger partial charge in [0.15, 0.2) is 0 Å². The van der Waals surface area contributed by atoms with Gasteiger partial charge in [-0.15, -0.1) is 0 Å². The van der Waals surface area contributed by atoms with Gasteiger partial charge in [-0.1, -0.05) is 0 Å². The zero-order valence-electron chi connectivity index (χ0n) is 11.2. The fourth-order valence-corrected chi connectivity index (χ4v) is 3.57. The summed E-state index contributed by atoms with van der Waals surface area (Å²) in [6, 6.07) is 2.09. The minimum Gasteiger partial charge on any atom is -0.460 e. The molecule has 20 heavy (non-hydrogen) atoms. The average Bonchev–Trinajstić information content (AvgIpc) is 2.36. The molecule has 0 amide bonds. The first-order valence-electron chi connectivity index (χ1n) is 6.50. The van der Waals surface area contributed by atoms with Gasteiger partial charge in [0, 0.05) is 38.3 Å². The van der Waals surface area contributed by atoms with Crippen molar-refractivity contribution in [3.63, 3.8) is 0 Å². The molecule has 3 rings (SSSR count). The van der Waals surface area contributed by atoms with Crippen molar-refractivity contribution in [1.82, 2.24) is 14.3 Å². The van der Waals surface area contributed by atoms with E-state index in [1.807, 2.05) is 0 Å². The molecule has 1 aromatic rings. The summed E-state index contributed by atoms with van der Waals surface area (Å²) in [5, 5.41) is 0. The van der Waals surface area contributed by atoms with Crippen LogP contribution in [0.1, 0.15) is 12.8 Å². The smallest absolute Gasteiger partial charge is 0.316 e. The van der Waals surface area contributed by atoms with Crippen molar-refractivity contribution in [2.45, 2.75) is 24.5 Å². The molecule has 0 bridgehead atoms. The molecule has 0 saturated carbocycles. The van der Waals surface area contributed by atoms with E-state index in [-0.39, 0.29) is 6.10 Å². The third-order valence-corrected chi connectivity index (χ3v) is 4.86. The minimum atomic E-state index is -3.13. The van der Waals surface area contributed by atoms with E-state index in [4.69, 9.17) is 9.47 Å². The van der Waals surface area contributed by atoms with Crippen LogP contribution < -0.4 is 4.74 Å². The van der Waals surface area contributed by atoms with Gasteiger partial charge in [0.05, 0.1) is 18.5 Å². The lowest BCUT2D eigenvalue weighted by Gasteiger charge is -2.51. The maximum absolute atomic E-state index is 11.4. The number of nitrogens with zero attached hydrogens (tertiary/aromatic N) is 3. The zero-order chi connectivity index (χ0) is 14.2. The summed E-state index contributed by atoms with van der Waals surface area (Å²) >= 11 is 0. The molecule has 3 heterocycles. The van der Waals surface area contributed by atoms with Gasteiger partial charge in [-0.3, -0.25) is 0 Å². The summed E-state index contributed by atoms with van der Waals surface area (Å²) < 4.78 is 35.8.